The Hall–Kier alpha value is -3.23. The van der Waals surface area contributed by atoms with Crippen LogP contribution in [-0.2, 0) is 22.5 Å². The first-order valence-corrected chi connectivity index (χ1v) is 9.12. The molecular formula is C19H22N4O5. The van der Waals surface area contributed by atoms with E-state index in [-0.39, 0.29) is 17.2 Å². The lowest BCUT2D eigenvalue weighted by molar-refractivity contribution is -0.127. The highest BCUT2D eigenvalue weighted by Crippen LogP contribution is 2.17. The molecule has 0 aliphatic carbocycles. The SMILES string of the molecule is CC(C)NC(=O)NC(=O)[C@@H](C)OC(=O)c1ccc2c(=O)n3c(nc2c1)CCC3. The van der Waals surface area contributed by atoms with Crippen molar-refractivity contribution in [3.8, 4) is 0 Å². The molecule has 28 heavy (non-hydrogen) atoms. The van der Waals surface area contributed by atoms with E-state index < -0.39 is 24.0 Å². The first kappa shape index (κ1) is 19.5. The van der Waals surface area contributed by atoms with Gasteiger partial charge in [0.25, 0.3) is 11.5 Å². The Kier molecular flexibility index (Phi) is 5.43. The van der Waals surface area contributed by atoms with Crippen molar-refractivity contribution in [2.75, 3.05) is 0 Å². The monoisotopic (exact) mass is 386 g/mol. The summed E-state index contributed by atoms with van der Waals surface area (Å²) in [7, 11) is 0. The van der Waals surface area contributed by atoms with Crippen LogP contribution >= 0.6 is 0 Å². The molecule has 1 aliphatic rings. The molecule has 3 amide bonds. The molecule has 0 spiro atoms. The van der Waals surface area contributed by atoms with Gasteiger partial charge in [0.05, 0.1) is 16.5 Å². The number of benzene rings is 1. The molecular weight excluding hydrogens is 364 g/mol. The summed E-state index contributed by atoms with van der Waals surface area (Å²) >= 11 is 0. The molecule has 1 aliphatic heterocycles. The van der Waals surface area contributed by atoms with Gasteiger partial charge in [0, 0.05) is 19.0 Å². The molecule has 2 heterocycles. The summed E-state index contributed by atoms with van der Waals surface area (Å²) in [6.45, 7) is 5.53. The lowest BCUT2D eigenvalue weighted by Crippen LogP contribution is -2.46. The largest absolute Gasteiger partial charge is 0.449 e. The van der Waals surface area contributed by atoms with Crippen molar-refractivity contribution >= 4 is 28.8 Å². The second kappa shape index (κ2) is 7.79. The lowest BCUT2D eigenvalue weighted by atomic mass is 10.1. The molecule has 2 N–H and O–H groups in total. The molecule has 1 aromatic carbocycles. The first-order valence-electron chi connectivity index (χ1n) is 9.12. The standard InChI is InChI=1S/C19H22N4O5/c1-10(2)20-19(27)22-16(24)11(3)28-18(26)12-6-7-13-14(9-12)21-15-5-4-8-23(15)17(13)25/h6-7,9-11H,4-5,8H2,1-3H3,(H2,20,22,24,27)/t11-/m1/s1. The number of aromatic nitrogens is 2. The van der Waals surface area contributed by atoms with Crippen LogP contribution in [0, 0.1) is 0 Å². The van der Waals surface area contributed by atoms with Gasteiger partial charge in [-0.2, -0.15) is 0 Å². The number of fused-ring (bicyclic) bond motifs is 2. The highest BCUT2D eigenvalue weighted by molar-refractivity contribution is 5.99. The molecule has 1 aromatic heterocycles. The summed E-state index contributed by atoms with van der Waals surface area (Å²) in [6.07, 6.45) is 0.416. The summed E-state index contributed by atoms with van der Waals surface area (Å²) in [6, 6.07) is 3.68. The zero-order valence-corrected chi connectivity index (χ0v) is 15.9. The minimum absolute atomic E-state index is 0.124. The fraction of sp³-hybridized carbons (Fsp3) is 0.421. The van der Waals surface area contributed by atoms with Crippen molar-refractivity contribution in [1.82, 2.24) is 20.2 Å². The zero-order chi connectivity index (χ0) is 20.4. The fourth-order valence-corrected chi connectivity index (χ4v) is 3.00. The maximum Gasteiger partial charge on any atom is 0.338 e. The Morgan fingerprint density at radius 2 is 1.96 bits per heavy atom. The smallest absolute Gasteiger partial charge is 0.338 e. The van der Waals surface area contributed by atoms with E-state index in [4.69, 9.17) is 4.74 Å². The Labute approximate surface area is 161 Å². The molecule has 0 fully saturated rings. The second-order valence-corrected chi connectivity index (χ2v) is 6.99. The van der Waals surface area contributed by atoms with E-state index in [0.717, 1.165) is 12.8 Å². The van der Waals surface area contributed by atoms with Gasteiger partial charge < -0.3 is 10.1 Å². The van der Waals surface area contributed by atoms with E-state index in [1.807, 2.05) is 0 Å². The summed E-state index contributed by atoms with van der Waals surface area (Å²) in [5, 5.41) is 5.05. The molecule has 0 unspecified atom stereocenters. The van der Waals surface area contributed by atoms with Crippen molar-refractivity contribution in [2.24, 2.45) is 0 Å². The molecule has 9 nitrogen and oxygen atoms in total. The van der Waals surface area contributed by atoms with E-state index in [9.17, 15) is 19.2 Å². The van der Waals surface area contributed by atoms with Crippen molar-refractivity contribution < 1.29 is 19.1 Å². The van der Waals surface area contributed by atoms with Crippen molar-refractivity contribution in [1.29, 1.82) is 0 Å². The number of rotatable bonds is 4. The van der Waals surface area contributed by atoms with Crippen molar-refractivity contribution in [2.45, 2.75) is 52.3 Å². The van der Waals surface area contributed by atoms with Crippen LogP contribution in [0.15, 0.2) is 23.0 Å². The molecule has 148 valence electrons. The fourth-order valence-electron chi connectivity index (χ4n) is 3.00. The number of nitrogens with one attached hydrogen (secondary N) is 2. The molecule has 0 saturated heterocycles. The van der Waals surface area contributed by atoms with Gasteiger partial charge in [0.2, 0.25) is 0 Å². The van der Waals surface area contributed by atoms with E-state index in [1.54, 1.807) is 18.4 Å². The number of nitrogens with zero attached hydrogens (tertiary/aromatic N) is 2. The quantitative estimate of drug-likeness (QED) is 0.760. The highest BCUT2D eigenvalue weighted by atomic mass is 16.5. The number of imide groups is 1. The van der Waals surface area contributed by atoms with E-state index in [2.05, 4.69) is 15.6 Å². The maximum absolute atomic E-state index is 12.5. The number of esters is 1. The van der Waals surface area contributed by atoms with Crippen LogP contribution in [-0.4, -0.2) is 39.6 Å². The lowest BCUT2D eigenvalue weighted by Gasteiger charge is -2.14. The third kappa shape index (κ3) is 4.03. The maximum atomic E-state index is 12.5. The summed E-state index contributed by atoms with van der Waals surface area (Å²) in [5.74, 6) is -0.773. The number of urea groups is 1. The average molecular weight is 386 g/mol. The van der Waals surface area contributed by atoms with Gasteiger partial charge in [-0.25, -0.2) is 14.6 Å². The average Bonchev–Trinajstić information content (AvgIpc) is 3.09. The van der Waals surface area contributed by atoms with Crippen LogP contribution < -0.4 is 16.2 Å². The normalized spacial score (nSPS) is 13.9. The van der Waals surface area contributed by atoms with E-state index >= 15 is 0 Å². The molecule has 1 atom stereocenters. The summed E-state index contributed by atoms with van der Waals surface area (Å²) in [5.41, 5.74) is 0.468. The summed E-state index contributed by atoms with van der Waals surface area (Å²) in [4.78, 5) is 52.9. The number of carbonyl (C=O) groups is 3. The first-order chi connectivity index (χ1) is 13.3. The molecule has 9 heteroatoms. The Bertz CT molecular complexity index is 1010. The van der Waals surface area contributed by atoms with Crippen LogP contribution in [0.2, 0.25) is 0 Å². The Balaban J connectivity index is 1.73. The Morgan fingerprint density at radius 3 is 2.68 bits per heavy atom. The predicted octanol–water partition coefficient (Wildman–Crippen LogP) is 1.12. The highest BCUT2D eigenvalue weighted by Gasteiger charge is 2.22. The number of aryl methyl sites for hydroxylation is 1. The minimum Gasteiger partial charge on any atom is -0.449 e. The third-order valence-corrected chi connectivity index (χ3v) is 4.36. The molecule has 0 radical (unpaired) electrons. The number of carbonyl (C=O) groups excluding carboxylic acids is 3. The number of hydrogen-bond acceptors (Lipinski definition) is 6. The van der Waals surface area contributed by atoms with Crippen LogP contribution in [0.25, 0.3) is 10.9 Å². The molecule has 2 aromatic rings. The van der Waals surface area contributed by atoms with Gasteiger partial charge in [-0.1, -0.05) is 0 Å². The van der Waals surface area contributed by atoms with Crippen molar-refractivity contribution in [3.63, 3.8) is 0 Å². The van der Waals surface area contributed by atoms with Gasteiger partial charge in [0.1, 0.15) is 5.82 Å². The molecule has 0 bridgehead atoms. The third-order valence-electron chi connectivity index (χ3n) is 4.36. The molecule has 3 rings (SSSR count). The summed E-state index contributed by atoms with van der Waals surface area (Å²) < 4.78 is 6.78. The van der Waals surface area contributed by atoms with Gasteiger partial charge in [0.15, 0.2) is 6.10 Å². The van der Waals surface area contributed by atoms with Crippen LogP contribution in [0.3, 0.4) is 0 Å². The molecule has 0 saturated carbocycles. The number of ether oxygens (including phenoxy) is 1. The topological polar surface area (TPSA) is 119 Å². The van der Waals surface area contributed by atoms with Crippen LogP contribution in [0.1, 0.15) is 43.4 Å². The minimum atomic E-state index is -1.17. The second-order valence-electron chi connectivity index (χ2n) is 6.99. The van der Waals surface area contributed by atoms with Crippen LogP contribution in [0.4, 0.5) is 4.79 Å². The van der Waals surface area contributed by atoms with Crippen LogP contribution in [0.5, 0.6) is 0 Å². The van der Waals surface area contributed by atoms with E-state index in [1.165, 1.54) is 25.1 Å². The Morgan fingerprint density at radius 1 is 1.21 bits per heavy atom. The van der Waals surface area contributed by atoms with E-state index in [0.29, 0.717) is 23.3 Å². The number of hydrogen-bond donors (Lipinski definition) is 2. The zero-order valence-electron chi connectivity index (χ0n) is 15.9. The van der Waals surface area contributed by atoms with Gasteiger partial charge in [-0.05, 0) is 45.4 Å². The van der Waals surface area contributed by atoms with Gasteiger partial charge in [-0.15, -0.1) is 0 Å². The van der Waals surface area contributed by atoms with Gasteiger partial charge >= 0.3 is 12.0 Å². The van der Waals surface area contributed by atoms with Gasteiger partial charge in [-0.3, -0.25) is 19.5 Å². The van der Waals surface area contributed by atoms with Crippen molar-refractivity contribution in [3.05, 3.63) is 39.9 Å². The number of amides is 3. The predicted molar refractivity (Wildman–Crippen MR) is 101 cm³/mol.